The van der Waals surface area contributed by atoms with Gasteiger partial charge in [-0.2, -0.15) is 5.26 Å². The van der Waals surface area contributed by atoms with Crippen LogP contribution in [-0.2, 0) is 0 Å². The standard InChI is InChI=1S/C10H7N3S/c11-5-8-2-3-9(14-8)7-1-4-10(12)13-6-7/h1-4,6H,(H2,12,13). The molecule has 14 heavy (non-hydrogen) atoms. The van der Waals surface area contributed by atoms with E-state index in [1.54, 1.807) is 18.3 Å². The van der Waals surface area contributed by atoms with Crippen molar-refractivity contribution in [1.82, 2.24) is 4.98 Å². The predicted molar refractivity (Wildman–Crippen MR) is 56.7 cm³/mol. The van der Waals surface area contributed by atoms with E-state index in [0.717, 1.165) is 10.4 Å². The molecule has 0 fully saturated rings. The summed E-state index contributed by atoms with van der Waals surface area (Å²) in [6, 6.07) is 9.47. The van der Waals surface area contributed by atoms with Gasteiger partial charge in [-0.15, -0.1) is 11.3 Å². The van der Waals surface area contributed by atoms with Crippen molar-refractivity contribution in [3.8, 4) is 16.5 Å². The number of nitrogen functional groups attached to an aromatic ring is 1. The summed E-state index contributed by atoms with van der Waals surface area (Å²) in [5.74, 6) is 0.505. The molecule has 0 radical (unpaired) electrons. The summed E-state index contributed by atoms with van der Waals surface area (Å²) in [6.07, 6.45) is 1.71. The molecule has 4 heteroatoms. The summed E-state index contributed by atoms with van der Waals surface area (Å²) in [6.45, 7) is 0. The van der Waals surface area contributed by atoms with Crippen LogP contribution >= 0.6 is 11.3 Å². The normalized spacial score (nSPS) is 9.64. The minimum absolute atomic E-state index is 0.505. The Bertz CT molecular complexity index is 479. The van der Waals surface area contributed by atoms with Gasteiger partial charge < -0.3 is 5.73 Å². The van der Waals surface area contributed by atoms with Gasteiger partial charge in [-0.3, -0.25) is 0 Å². The van der Waals surface area contributed by atoms with E-state index in [-0.39, 0.29) is 0 Å². The van der Waals surface area contributed by atoms with E-state index >= 15 is 0 Å². The van der Waals surface area contributed by atoms with Crippen molar-refractivity contribution in [1.29, 1.82) is 5.26 Å². The van der Waals surface area contributed by atoms with Gasteiger partial charge in [-0.05, 0) is 24.3 Å². The van der Waals surface area contributed by atoms with Crippen molar-refractivity contribution in [2.24, 2.45) is 0 Å². The molecule has 0 aromatic carbocycles. The molecule has 0 aliphatic rings. The Balaban J connectivity index is 2.40. The Morgan fingerprint density at radius 3 is 2.71 bits per heavy atom. The van der Waals surface area contributed by atoms with Gasteiger partial charge in [0.05, 0.1) is 0 Å². The Labute approximate surface area is 85.4 Å². The molecule has 2 rings (SSSR count). The van der Waals surface area contributed by atoms with Crippen LogP contribution < -0.4 is 5.73 Å². The van der Waals surface area contributed by atoms with Crippen molar-refractivity contribution >= 4 is 17.2 Å². The SMILES string of the molecule is N#Cc1ccc(-c2ccc(N)nc2)s1. The molecular weight excluding hydrogens is 194 g/mol. The van der Waals surface area contributed by atoms with Crippen LogP contribution in [-0.4, -0.2) is 4.98 Å². The fraction of sp³-hybridized carbons (Fsp3) is 0. The van der Waals surface area contributed by atoms with E-state index in [9.17, 15) is 0 Å². The Hall–Kier alpha value is -1.86. The number of nitriles is 1. The number of nitrogens with two attached hydrogens (primary N) is 1. The maximum Gasteiger partial charge on any atom is 0.123 e. The summed E-state index contributed by atoms with van der Waals surface area (Å²) >= 11 is 1.45. The molecule has 3 nitrogen and oxygen atoms in total. The first kappa shape index (κ1) is 8.73. The van der Waals surface area contributed by atoms with Gasteiger partial charge in [0.1, 0.15) is 16.8 Å². The molecular formula is C10H7N3S. The largest absolute Gasteiger partial charge is 0.384 e. The number of rotatable bonds is 1. The maximum atomic E-state index is 8.67. The summed E-state index contributed by atoms with van der Waals surface area (Å²) in [4.78, 5) is 5.73. The zero-order valence-corrected chi connectivity index (χ0v) is 8.08. The van der Waals surface area contributed by atoms with Crippen LogP contribution in [0.1, 0.15) is 4.88 Å². The Morgan fingerprint density at radius 2 is 2.14 bits per heavy atom. The number of nitrogens with zero attached hydrogens (tertiary/aromatic N) is 2. The Morgan fingerprint density at radius 1 is 1.29 bits per heavy atom. The van der Waals surface area contributed by atoms with Crippen molar-refractivity contribution in [2.45, 2.75) is 0 Å². The highest BCUT2D eigenvalue weighted by Gasteiger charge is 2.01. The van der Waals surface area contributed by atoms with Gasteiger partial charge in [0.2, 0.25) is 0 Å². The molecule has 0 aliphatic heterocycles. The highest BCUT2D eigenvalue weighted by Crippen LogP contribution is 2.27. The average molecular weight is 201 g/mol. The lowest BCUT2D eigenvalue weighted by Gasteiger charge is -1.96. The molecule has 0 bridgehead atoms. The fourth-order valence-corrected chi connectivity index (χ4v) is 1.90. The molecule has 2 N–H and O–H groups in total. The van der Waals surface area contributed by atoms with Gasteiger partial charge >= 0.3 is 0 Å². The van der Waals surface area contributed by atoms with E-state index < -0.39 is 0 Å². The van der Waals surface area contributed by atoms with Gasteiger partial charge in [0.25, 0.3) is 0 Å². The number of hydrogen-bond acceptors (Lipinski definition) is 4. The Kier molecular flexibility index (Phi) is 2.17. The number of hydrogen-bond donors (Lipinski definition) is 1. The van der Waals surface area contributed by atoms with Gasteiger partial charge in [0.15, 0.2) is 0 Å². The molecule has 68 valence electrons. The van der Waals surface area contributed by atoms with E-state index in [1.807, 2.05) is 12.1 Å². The first-order valence-corrected chi connectivity index (χ1v) is 4.83. The van der Waals surface area contributed by atoms with Crippen LogP contribution in [0.15, 0.2) is 30.5 Å². The molecule has 2 aromatic rings. The van der Waals surface area contributed by atoms with Crippen LogP contribution in [0.25, 0.3) is 10.4 Å². The third kappa shape index (κ3) is 1.58. The quantitative estimate of drug-likeness (QED) is 0.769. The summed E-state index contributed by atoms with van der Waals surface area (Å²) in [7, 11) is 0. The van der Waals surface area contributed by atoms with Gasteiger partial charge in [-0.25, -0.2) is 4.98 Å². The molecule has 0 atom stereocenters. The van der Waals surface area contributed by atoms with Crippen molar-refractivity contribution in [3.63, 3.8) is 0 Å². The summed E-state index contributed by atoms with van der Waals surface area (Å²) in [5.41, 5.74) is 6.47. The van der Waals surface area contributed by atoms with Crippen LogP contribution in [0.2, 0.25) is 0 Å². The second-order valence-electron chi connectivity index (χ2n) is 2.75. The van der Waals surface area contributed by atoms with Crippen LogP contribution in [0.5, 0.6) is 0 Å². The monoisotopic (exact) mass is 201 g/mol. The lowest BCUT2D eigenvalue weighted by molar-refractivity contribution is 1.34. The number of pyridine rings is 1. The third-order valence-electron chi connectivity index (χ3n) is 1.79. The number of thiophene rings is 1. The third-order valence-corrected chi connectivity index (χ3v) is 2.83. The number of aromatic nitrogens is 1. The average Bonchev–Trinajstić information content (AvgIpc) is 2.67. The van der Waals surface area contributed by atoms with Crippen LogP contribution in [0, 0.1) is 11.3 Å². The zero-order valence-electron chi connectivity index (χ0n) is 7.27. The highest BCUT2D eigenvalue weighted by molar-refractivity contribution is 7.16. The predicted octanol–water partition coefficient (Wildman–Crippen LogP) is 2.26. The fourth-order valence-electron chi connectivity index (χ4n) is 1.10. The second-order valence-corrected chi connectivity index (χ2v) is 3.83. The minimum Gasteiger partial charge on any atom is -0.384 e. The molecule has 0 unspecified atom stereocenters. The first-order chi connectivity index (χ1) is 6.79. The molecule has 0 spiro atoms. The van der Waals surface area contributed by atoms with Crippen molar-refractivity contribution < 1.29 is 0 Å². The molecule has 0 amide bonds. The zero-order chi connectivity index (χ0) is 9.97. The smallest absolute Gasteiger partial charge is 0.123 e. The minimum atomic E-state index is 0.505. The lowest BCUT2D eigenvalue weighted by atomic mass is 10.2. The summed E-state index contributed by atoms with van der Waals surface area (Å²) in [5, 5.41) is 8.67. The van der Waals surface area contributed by atoms with Crippen molar-refractivity contribution in [3.05, 3.63) is 35.3 Å². The molecule has 2 heterocycles. The van der Waals surface area contributed by atoms with Crippen LogP contribution in [0.3, 0.4) is 0 Å². The summed E-state index contributed by atoms with van der Waals surface area (Å²) < 4.78 is 0. The maximum absolute atomic E-state index is 8.67. The van der Waals surface area contributed by atoms with Crippen LogP contribution in [0.4, 0.5) is 5.82 Å². The molecule has 0 saturated carbocycles. The van der Waals surface area contributed by atoms with E-state index in [1.165, 1.54) is 11.3 Å². The van der Waals surface area contributed by atoms with Gasteiger partial charge in [0, 0.05) is 16.6 Å². The molecule has 0 aliphatic carbocycles. The molecule has 0 saturated heterocycles. The number of anilines is 1. The van der Waals surface area contributed by atoms with Gasteiger partial charge in [-0.1, -0.05) is 0 Å². The lowest BCUT2D eigenvalue weighted by Crippen LogP contribution is -1.87. The highest BCUT2D eigenvalue weighted by atomic mass is 32.1. The van der Waals surface area contributed by atoms with E-state index in [0.29, 0.717) is 10.7 Å². The first-order valence-electron chi connectivity index (χ1n) is 4.01. The van der Waals surface area contributed by atoms with E-state index in [2.05, 4.69) is 11.1 Å². The van der Waals surface area contributed by atoms with Crippen molar-refractivity contribution in [2.75, 3.05) is 5.73 Å². The molecule has 2 aromatic heterocycles. The topological polar surface area (TPSA) is 62.7 Å². The second kappa shape index (κ2) is 3.48. The van der Waals surface area contributed by atoms with E-state index in [4.69, 9.17) is 11.0 Å².